The molecule has 1 amide bonds. The van der Waals surface area contributed by atoms with Gasteiger partial charge in [-0.3, -0.25) is 9.78 Å². The van der Waals surface area contributed by atoms with Gasteiger partial charge in [-0.1, -0.05) is 29.8 Å². The van der Waals surface area contributed by atoms with Gasteiger partial charge in [0.15, 0.2) is 0 Å². The maximum absolute atomic E-state index is 12.9. The first-order valence-electron chi connectivity index (χ1n) is 9.53. The van der Waals surface area contributed by atoms with E-state index in [4.69, 9.17) is 16.3 Å². The van der Waals surface area contributed by atoms with Crippen LogP contribution in [0.25, 0.3) is 0 Å². The van der Waals surface area contributed by atoms with Crippen LogP contribution in [0.5, 0.6) is 0 Å². The molecule has 1 aromatic carbocycles. The molecule has 2 aromatic heterocycles. The smallest absolute Gasteiger partial charge is 0.266 e. The van der Waals surface area contributed by atoms with Crippen LogP contribution in [0.2, 0.25) is 5.02 Å². The molecule has 7 heteroatoms. The summed E-state index contributed by atoms with van der Waals surface area (Å²) in [4.78, 5) is 24.3. The van der Waals surface area contributed by atoms with Gasteiger partial charge in [-0.25, -0.2) is 4.98 Å². The Morgan fingerprint density at radius 3 is 2.90 bits per heavy atom. The molecular formula is C22H22ClN3O2S. The van der Waals surface area contributed by atoms with Crippen molar-refractivity contribution in [3.05, 3.63) is 80.0 Å². The molecule has 1 saturated heterocycles. The Kier molecular flexibility index (Phi) is 5.94. The summed E-state index contributed by atoms with van der Waals surface area (Å²) >= 11 is 7.71. The van der Waals surface area contributed by atoms with Crippen molar-refractivity contribution >= 4 is 28.8 Å². The number of morpholine rings is 1. The number of hydrogen-bond acceptors (Lipinski definition) is 5. The zero-order valence-electron chi connectivity index (χ0n) is 16.4. The van der Waals surface area contributed by atoms with E-state index in [0.717, 1.165) is 39.7 Å². The molecule has 1 atom stereocenters. The molecule has 1 aliphatic rings. The van der Waals surface area contributed by atoms with Gasteiger partial charge in [-0.2, -0.15) is 0 Å². The Hall–Kier alpha value is -2.28. The fraction of sp³-hybridized carbons (Fsp3) is 0.318. The van der Waals surface area contributed by atoms with Gasteiger partial charge >= 0.3 is 0 Å². The van der Waals surface area contributed by atoms with Crippen LogP contribution in [0.15, 0.2) is 41.9 Å². The van der Waals surface area contributed by atoms with Gasteiger partial charge in [0.2, 0.25) is 0 Å². The molecule has 29 heavy (non-hydrogen) atoms. The molecule has 5 nitrogen and oxygen atoms in total. The van der Waals surface area contributed by atoms with E-state index in [1.165, 1.54) is 11.3 Å². The standard InChI is InChI=1S/C22H22ClN3O2S/c1-14-9-16(10-17-5-3-4-6-18(17)23)11-19(25-14)20-12-26(7-8-28-20)22(27)21-15(2)24-13-29-21/h3-6,9,11,13,20H,7-8,10,12H2,1-2H3. The van der Waals surface area contributed by atoms with Gasteiger partial charge in [-0.05, 0) is 49.6 Å². The Morgan fingerprint density at radius 1 is 1.31 bits per heavy atom. The van der Waals surface area contributed by atoms with Gasteiger partial charge in [-0.15, -0.1) is 11.3 Å². The lowest BCUT2D eigenvalue weighted by molar-refractivity contribution is -0.0246. The SMILES string of the molecule is Cc1cc(Cc2ccccc2Cl)cc(C2CN(C(=O)c3scnc3C)CCO2)n1. The summed E-state index contributed by atoms with van der Waals surface area (Å²) in [5.41, 5.74) is 6.47. The molecule has 0 N–H and O–H groups in total. The predicted molar refractivity (Wildman–Crippen MR) is 115 cm³/mol. The van der Waals surface area contributed by atoms with E-state index in [9.17, 15) is 4.79 Å². The lowest BCUT2D eigenvalue weighted by atomic mass is 10.0. The number of hydrogen-bond donors (Lipinski definition) is 0. The van der Waals surface area contributed by atoms with Gasteiger partial charge in [0, 0.05) is 17.3 Å². The van der Waals surface area contributed by atoms with Crippen molar-refractivity contribution in [1.82, 2.24) is 14.9 Å². The van der Waals surface area contributed by atoms with Crippen LogP contribution < -0.4 is 0 Å². The van der Waals surface area contributed by atoms with E-state index in [0.29, 0.717) is 24.6 Å². The lowest BCUT2D eigenvalue weighted by Crippen LogP contribution is -2.42. The number of nitrogens with zero attached hydrogens (tertiary/aromatic N) is 3. The molecule has 3 aromatic rings. The zero-order valence-corrected chi connectivity index (χ0v) is 18.0. The summed E-state index contributed by atoms with van der Waals surface area (Å²) in [7, 11) is 0. The maximum Gasteiger partial charge on any atom is 0.266 e. The number of rotatable bonds is 4. The van der Waals surface area contributed by atoms with Crippen LogP contribution >= 0.6 is 22.9 Å². The highest BCUT2D eigenvalue weighted by Gasteiger charge is 2.28. The van der Waals surface area contributed by atoms with Crippen LogP contribution in [-0.4, -0.2) is 40.5 Å². The Morgan fingerprint density at radius 2 is 2.14 bits per heavy atom. The first-order valence-corrected chi connectivity index (χ1v) is 10.8. The predicted octanol–water partition coefficient (Wildman–Crippen LogP) is 4.61. The first-order chi connectivity index (χ1) is 14.0. The van der Waals surface area contributed by atoms with Crippen molar-refractivity contribution in [1.29, 1.82) is 0 Å². The van der Waals surface area contributed by atoms with E-state index >= 15 is 0 Å². The molecule has 3 heterocycles. The molecule has 4 rings (SSSR count). The normalized spacial score (nSPS) is 16.8. The highest BCUT2D eigenvalue weighted by molar-refractivity contribution is 7.11. The largest absolute Gasteiger partial charge is 0.368 e. The van der Waals surface area contributed by atoms with Crippen molar-refractivity contribution in [3.63, 3.8) is 0 Å². The average molecular weight is 428 g/mol. The summed E-state index contributed by atoms with van der Waals surface area (Å²) in [6, 6.07) is 12.0. The van der Waals surface area contributed by atoms with E-state index < -0.39 is 0 Å². The summed E-state index contributed by atoms with van der Waals surface area (Å²) in [6.07, 6.45) is 0.483. The number of amides is 1. The molecular weight excluding hydrogens is 406 g/mol. The van der Waals surface area contributed by atoms with Crippen LogP contribution in [0.4, 0.5) is 0 Å². The number of aromatic nitrogens is 2. The van der Waals surface area contributed by atoms with Crippen LogP contribution in [0.3, 0.4) is 0 Å². The number of benzene rings is 1. The van der Waals surface area contributed by atoms with Crippen LogP contribution in [0.1, 0.15) is 44.0 Å². The Balaban J connectivity index is 1.54. The average Bonchev–Trinajstić information content (AvgIpc) is 3.15. The number of pyridine rings is 1. The number of ether oxygens (including phenoxy) is 1. The molecule has 1 unspecified atom stereocenters. The minimum absolute atomic E-state index is 0.0160. The van der Waals surface area contributed by atoms with Crippen molar-refractivity contribution in [3.8, 4) is 0 Å². The third kappa shape index (κ3) is 4.50. The summed E-state index contributed by atoms with van der Waals surface area (Å²) in [5, 5.41) is 0.758. The fourth-order valence-electron chi connectivity index (χ4n) is 3.56. The van der Waals surface area contributed by atoms with Gasteiger partial charge in [0.05, 0.1) is 30.1 Å². The highest BCUT2D eigenvalue weighted by Crippen LogP contribution is 2.26. The fourth-order valence-corrected chi connectivity index (χ4v) is 4.53. The van der Waals surface area contributed by atoms with E-state index in [1.54, 1.807) is 5.51 Å². The molecule has 1 aliphatic heterocycles. The number of carbonyl (C=O) groups excluding carboxylic acids is 1. The van der Waals surface area contributed by atoms with Crippen LogP contribution in [0, 0.1) is 13.8 Å². The molecule has 0 aliphatic carbocycles. The molecule has 0 spiro atoms. The minimum Gasteiger partial charge on any atom is -0.368 e. The number of thiazole rings is 1. The number of aryl methyl sites for hydroxylation is 2. The van der Waals surface area contributed by atoms with Crippen molar-refractivity contribution in [2.75, 3.05) is 19.7 Å². The lowest BCUT2D eigenvalue weighted by Gasteiger charge is -2.32. The zero-order chi connectivity index (χ0) is 20.4. The Bertz CT molecular complexity index is 1040. The maximum atomic E-state index is 12.9. The second-order valence-electron chi connectivity index (χ2n) is 7.19. The monoisotopic (exact) mass is 427 g/mol. The van der Waals surface area contributed by atoms with E-state index in [1.807, 2.05) is 43.0 Å². The van der Waals surface area contributed by atoms with Crippen molar-refractivity contribution < 1.29 is 9.53 Å². The van der Waals surface area contributed by atoms with Crippen LogP contribution in [-0.2, 0) is 11.2 Å². The third-order valence-corrected chi connectivity index (χ3v) is 6.29. The number of carbonyl (C=O) groups is 1. The highest BCUT2D eigenvalue weighted by atomic mass is 35.5. The molecule has 0 bridgehead atoms. The molecule has 0 radical (unpaired) electrons. The number of halogens is 1. The van der Waals surface area contributed by atoms with Gasteiger partial charge < -0.3 is 9.64 Å². The van der Waals surface area contributed by atoms with Crippen molar-refractivity contribution in [2.45, 2.75) is 26.4 Å². The van der Waals surface area contributed by atoms with E-state index in [-0.39, 0.29) is 12.0 Å². The van der Waals surface area contributed by atoms with E-state index in [2.05, 4.69) is 22.1 Å². The van der Waals surface area contributed by atoms with Crippen molar-refractivity contribution in [2.24, 2.45) is 0 Å². The third-order valence-electron chi connectivity index (χ3n) is 5.01. The second kappa shape index (κ2) is 8.61. The molecule has 150 valence electrons. The molecule has 1 fully saturated rings. The summed E-state index contributed by atoms with van der Waals surface area (Å²) in [5.74, 6) is 0.0160. The molecule has 0 saturated carbocycles. The summed E-state index contributed by atoms with van der Waals surface area (Å²) < 4.78 is 5.98. The first kappa shape index (κ1) is 20.0. The Labute approximate surface area is 179 Å². The second-order valence-corrected chi connectivity index (χ2v) is 8.45. The minimum atomic E-state index is -0.245. The summed E-state index contributed by atoms with van der Waals surface area (Å²) in [6.45, 7) is 5.39. The van der Waals surface area contributed by atoms with Gasteiger partial charge in [0.25, 0.3) is 5.91 Å². The van der Waals surface area contributed by atoms with Gasteiger partial charge in [0.1, 0.15) is 11.0 Å². The quantitative estimate of drug-likeness (QED) is 0.610. The topological polar surface area (TPSA) is 55.3 Å².